The molecule has 0 radical (unpaired) electrons. The zero-order chi connectivity index (χ0) is 22.5. The molecule has 0 saturated heterocycles. The molecule has 0 bridgehead atoms. The highest BCUT2D eigenvalue weighted by molar-refractivity contribution is 5.93. The molecule has 2 N–H and O–H groups in total. The molecule has 0 spiro atoms. The van der Waals surface area contributed by atoms with Crippen molar-refractivity contribution in [3.8, 4) is 0 Å². The highest BCUT2D eigenvalue weighted by atomic mass is 19.3. The lowest BCUT2D eigenvalue weighted by Crippen LogP contribution is -2.42. The van der Waals surface area contributed by atoms with Gasteiger partial charge >= 0.3 is 5.92 Å². The Morgan fingerprint density at radius 3 is 2.52 bits per heavy atom. The van der Waals surface area contributed by atoms with Crippen LogP contribution in [0.15, 0.2) is 23.8 Å². The van der Waals surface area contributed by atoms with Gasteiger partial charge in [0.15, 0.2) is 17.5 Å². The fourth-order valence-electron chi connectivity index (χ4n) is 4.14. The van der Waals surface area contributed by atoms with Gasteiger partial charge in [0.2, 0.25) is 11.7 Å². The number of halogens is 5. The Balaban J connectivity index is 1.50. The molecule has 1 aliphatic heterocycles. The van der Waals surface area contributed by atoms with Gasteiger partial charge in [-0.05, 0) is 24.5 Å². The molecular weight excluding hydrogens is 421 g/mol. The van der Waals surface area contributed by atoms with Gasteiger partial charge in [-0.3, -0.25) is 4.79 Å². The largest absolute Gasteiger partial charge is 0.330 e. The molecular formula is C20H20F5N5O. The second-order valence-electron chi connectivity index (χ2n) is 7.93. The number of hydrogen-bond acceptors (Lipinski definition) is 4. The molecule has 1 aliphatic carbocycles. The third-order valence-electron chi connectivity index (χ3n) is 5.74. The number of rotatable bonds is 3. The second kappa shape index (κ2) is 7.70. The van der Waals surface area contributed by atoms with Crippen molar-refractivity contribution in [1.29, 1.82) is 0 Å². The Morgan fingerprint density at radius 1 is 1.13 bits per heavy atom. The summed E-state index contributed by atoms with van der Waals surface area (Å²) in [5, 5.41) is 7.33. The lowest BCUT2D eigenvalue weighted by Gasteiger charge is -2.33. The number of nitrogens with two attached hydrogens (primary N) is 1. The molecule has 0 saturated carbocycles. The molecule has 1 unspecified atom stereocenters. The Hall–Kier alpha value is -2.82. The van der Waals surface area contributed by atoms with Gasteiger partial charge < -0.3 is 15.2 Å². The number of nitrogens with zero attached hydrogens (tertiary/aromatic N) is 4. The van der Waals surface area contributed by atoms with Gasteiger partial charge in [-0.25, -0.2) is 13.2 Å². The predicted molar refractivity (Wildman–Crippen MR) is 99.4 cm³/mol. The summed E-state index contributed by atoms with van der Waals surface area (Å²) in [6.45, 7) is 1.09. The van der Waals surface area contributed by atoms with Crippen LogP contribution in [-0.2, 0) is 23.8 Å². The minimum Gasteiger partial charge on any atom is -0.330 e. The van der Waals surface area contributed by atoms with Gasteiger partial charge in [-0.2, -0.15) is 8.78 Å². The van der Waals surface area contributed by atoms with Crippen LogP contribution in [0.2, 0.25) is 0 Å². The summed E-state index contributed by atoms with van der Waals surface area (Å²) in [4.78, 5) is 14.4. The average molecular weight is 441 g/mol. The van der Waals surface area contributed by atoms with E-state index in [1.54, 1.807) is 6.08 Å². The molecule has 2 heterocycles. The van der Waals surface area contributed by atoms with Crippen LogP contribution in [0.3, 0.4) is 0 Å². The Bertz CT molecular complexity index is 1060. The number of benzene rings is 1. The van der Waals surface area contributed by atoms with Crippen molar-refractivity contribution in [2.45, 2.75) is 50.7 Å². The molecule has 1 amide bonds. The summed E-state index contributed by atoms with van der Waals surface area (Å²) in [5.41, 5.74) is 6.52. The van der Waals surface area contributed by atoms with E-state index in [9.17, 15) is 26.7 Å². The highest BCUT2D eigenvalue weighted by Crippen LogP contribution is 2.35. The predicted octanol–water partition coefficient (Wildman–Crippen LogP) is 2.98. The van der Waals surface area contributed by atoms with Gasteiger partial charge in [-0.15, -0.1) is 10.2 Å². The number of carbonyl (C=O) groups excluding carboxylic acids is 1. The molecule has 2 aliphatic rings. The Labute approximate surface area is 174 Å². The van der Waals surface area contributed by atoms with Crippen LogP contribution >= 0.6 is 0 Å². The van der Waals surface area contributed by atoms with E-state index in [0.29, 0.717) is 11.6 Å². The molecule has 1 aromatic heterocycles. The molecule has 31 heavy (non-hydrogen) atoms. The van der Waals surface area contributed by atoms with Crippen molar-refractivity contribution in [2.24, 2.45) is 5.73 Å². The van der Waals surface area contributed by atoms with E-state index in [1.165, 1.54) is 9.47 Å². The van der Waals surface area contributed by atoms with Crippen LogP contribution in [0.1, 0.15) is 42.9 Å². The van der Waals surface area contributed by atoms with Crippen LogP contribution < -0.4 is 5.73 Å². The number of allylic oxidation sites excluding steroid dienone is 1. The lowest BCUT2D eigenvalue weighted by atomic mass is 9.80. The zero-order valence-corrected chi connectivity index (χ0v) is 16.6. The summed E-state index contributed by atoms with van der Waals surface area (Å²) >= 11 is 0. The van der Waals surface area contributed by atoms with Crippen molar-refractivity contribution in [3.63, 3.8) is 0 Å². The van der Waals surface area contributed by atoms with Crippen LogP contribution in [0.25, 0.3) is 0 Å². The fourth-order valence-corrected chi connectivity index (χ4v) is 4.14. The zero-order valence-electron chi connectivity index (χ0n) is 16.6. The molecule has 11 heteroatoms. The van der Waals surface area contributed by atoms with Crippen molar-refractivity contribution < 1.29 is 26.7 Å². The summed E-state index contributed by atoms with van der Waals surface area (Å²) in [6, 6.07) is 0.607. The standard InChI is InChI=1S/C20H20F5N5O/c1-20(24,25)19-28-27-17-9-29(4-5-30(17)19)18(31)10-2-3-11(16(26)6-10)12-7-14(22)15(23)8-13(12)21/h2,7-8,11,16H,3-6,9,26H2,1H3/t11-,16?/m1/s1. The molecule has 4 rings (SSSR count). The minimum atomic E-state index is -3.14. The number of hydrogen-bond donors (Lipinski definition) is 1. The first kappa shape index (κ1) is 21.4. The number of fused-ring (bicyclic) bond motifs is 1. The SMILES string of the molecule is CC(F)(F)c1nnc2n1CCN(C(=O)C1=CC[C@H](c3cc(F)c(F)cc3F)C(N)C1)C2. The van der Waals surface area contributed by atoms with Crippen LogP contribution in [-0.4, -0.2) is 38.2 Å². The van der Waals surface area contributed by atoms with Gasteiger partial charge in [0.1, 0.15) is 5.82 Å². The van der Waals surface area contributed by atoms with E-state index >= 15 is 0 Å². The maximum absolute atomic E-state index is 14.1. The van der Waals surface area contributed by atoms with E-state index < -0.39 is 41.2 Å². The topological polar surface area (TPSA) is 77.0 Å². The maximum Gasteiger partial charge on any atom is 0.304 e. The van der Waals surface area contributed by atoms with E-state index in [4.69, 9.17) is 5.73 Å². The van der Waals surface area contributed by atoms with Crippen LogP contribution in [0.5, 0.6) is 0 Å². The van der Waals surface area contributed by atoms with Crippen LogP contribution in [0.4, 0.5) is 22.0 Å². The number of carbonyl (C=O) groups is 1. The Kier molecular flexibility index (Phi) is 5.32. The molecule has 166 valence electrons. The molecule has 6 nitrogen and oxygen atoms in total. The first-order valence-corrected chi connectivity index (χ1v) is 9.75. The molecule has 1 aromatic carbocycles. The highest BCUT2D eigenvalue weighted by Gasteiger charge is 2.36. The first-order valence-electron chi connectivity index (χ1n) is 9.75. The molecule has 2 aromatic rings. The number of alkyl halides is 2. The average Bonchev–Trinajstić information content (AvgIpc) is 3.14. The van der Waals surface area contributed by atoms with E-state index in [2.05, 4.69) is 10.2 Å². The van der Waals surface area contributed by atoms with Crippen molar-refractivity contribution in [3.05, 3.63) is 58.4 Å². The summed E-state index contributed by atoms with van der Waals surface area (Å²) in [6.07, 6.45) is 1.91. The Morgan fingerprint density at radius 2 is 1.84 bits per heavy atom. The van der Waals surface area contributed by atoms with E-state index in [1.807, 2.05) is 0 Å². The number of aromatic nitrogens is 3. The minimum absolute atomic E-state index is 0.0235. The van der Waals surface area contributed by atoms with E-state index in [0.717, 1.165) is 13.0 Å². The third-order valence-corrected chi connectivity index (χ3v) is 5.74. The third kappa shape index (κ3) is 3.93. The van der Waals surface area contributed by atoms with Gasteiger partial charge in [0, 0.05) is 43.6 Å². The molecule has 2 atom stereocenters. The first-order chi connectivity index (χ1) is 14.6. The van der Waals surface area contributed by atoms with E-state index in [-0.39, 0.29) is 49.8 Å². The summed E-state index contributed by atoms with van der Waals surface area (Å²) in [7, 11) is 0. The maximum atomic E-state index is 14.1. The van der Waals surface area contributed by atoms with Crippen LogP contribution in [0, 0.1) is 17.5 Å². The van der Waals surface area contributed by atoms with Gasteiger partial charge in [0.05, 0.1) is 6.54 Å². The lowest BCUT2D eigenvalue weighted by molar-refractivity contribution is -0.129. The normalized spacial score (nSPS) is 21.6. The monoisotopic (exact) mass is 441 g/mol. The summed E-state index contributed by atoms with van der Waals surface area (Å²) < 4.78 is 69.5. The fraction of sp³-hybridized carbons (Fsp3) is 0.450. The van der Waals surface area contributed by atoms with Gasteiger partial charge in [0.25, 0.3) is 0 Å². The second-order valence-corrected chi connectivity index (χ2v) is 7.93. The smallest absolute Gasteiger partial charge is 0.304 e. The quantitative estimate of drug-likeness (QED) is 0.587. The van der Waals surface area contributed by atoms with Crippen molar-refractivity contribution in [1.82, 2.24) is 19.7 Å². The summed E-state index contributed by atoms with van der Waals surface area (Å²) in [5.74, 6) is -7.57. The molecule has 0 fully saturated rings. The van der Waals surface area contributed by atoms with Crippen molar-refractivity contribution >= 4 is 5.91 Å². The number of amides is 1. The van der Waals surface area contributed by atoms with Crippen molar-refractivity contribution in [2.75, 3.05) is 6.54 Å². The van der Waals surface area contributed by atoms with Gasteiger partial charge in [-0.1, -0.05) is 6.08 Å².